The quantitative estimate of drug-likeness (QED) is 0.558. The van der Waals surface area contributed by atoms with Crippen molar-refractivity contribution in [2.24, 2.45) is 0 Å². The van der Waals surface area contributed by atoms with Crippen LogP contribution in [0.2, 0.25) is 0 Å². The molecule has 7 heteroatoms. The Balaban J connectivity index is 2.28. The van der Waals surface area contributed by atoms with Crippen LogP contribution in [0.1, 0.15) is 12.8 Å². The van der Waals surface area contributed by atoms with Crippen LogP contribution in [0.4, 0.5) is 13.2 Å². The van der Waals surface area contributed by atoms with Crippen LogP contribution in [-0.2, 0) is 14.3 Å². The minimum Gasteiger partial charge on any atom is -0.359 e. The van der Waals surface area contributed by atoms with Gasteiger partial charge in [0.1, 0.15) is 6.79 Å². The summed E-state index contributed by atoms with van der Waals surface area (Å²) >= 11 is 0. The summed E-state index contributed by atoms with van der Waals surface area (Å²) < 4.78 is 45.1. The molecule has 0 aromatic rings. The lowest BCUT2D eigenvalue weighted by molar-refractivity contribution is -0.167. The number of amides is 1. The molecular weight excluding hydrogens is 215 g/mol. The Hall–Kier alpha value is -0.820. The number of methoxy groups -OCH3 is 1. The molecule has 0 spiro atoms. The summed E-state index contributed by atoms with van der Waals surface area (Å²) in [6.07, 6.45) is -6.10. The van der Waals surface area contributed by atoms with Gasteiger partial charge in [0, 0.05) is 13.5 Å². The van der Waals surface area contributed by atoms with Gasteiger partial charge in [-0.2, -0.15) is 13.2 Å². The van der Waals surface area contributed by atoms with E-state index in [1.807, 2.05) is 0 Å². The number of nitrogens with one attached hydrogen (secondary N) is 1. The largest absolute Gasteiger partial charge is 0.389 e. The molecule has 0 radical (unpaired) electrons. The Morgan fingerprint density at radius 3 is 2.60 bits per heavy atom. The maximum absolute atomic E-state index is 11.9. The van der Waals surface area contributed by atoms with E-state index in [2.05, 4.69) is 10.1 Å². The van der Waals surface area contributed by atoms with Gasteiger partial charge in [0.25, 0.3) is 5.91 Å². The highest BCUT2D eigenvalue weighted by molar-refractivity contribution is 5.88. The summed E-state index contributed by atoms with van der Waals surface area (Å²) in [7, 11) is 1.38. The van der Waals surface area contributed by atoms with Crippen LogP contribution >= 0.6 is 0 Å². The molecule has 15 heavy (non-hydrogen) atoms. The van der Waals surface area contributed by atoms with E-state index >= 15 is 0 Å². The van der Waals surface area contributed by atoms with Gasteiger partial charge in [-0.25, -0.2) is 0 Å². The third-order valence-electron chi connectivity index (χ3n) is 2.06. The van der Waals surface area contributed by atoms with Crippen LogP contribution in [0.3, 0.4) is 0 Å². The van der Waals surface area contributed by atoms with Crippen molar-refractivity contribution in [1.82, 2.24) is 5.32 Å². The van der Waals surface area contributed by atoms with Crippen molar-refractivity contribution in [2.75, 3.05) is 13.9 Å². The number of rotatable bonds is 5. The van der Waals surface area contributed by atoms with E-state index in [1.54, 1.807) is 0 Å². The van der Waals surface area contributed by atoms with Crippen LogP contribution in [0.25, 0.3) is 0 Å². The lowest BCUT2D eigenvalue weighted by atomic mass is 9.97. The maximum atomic E-state index is 11.9. The number of hydrogen-bond donors (Lipinski definition) is 1. The summed E-state index contributed by atoms with van der Waals surface area (Å²) in [5.41, 5.74) is 0. The molecule has 1 N–H and O–H groups in total. The minimum atomic E-state index is -4.20. The highest BCUT2D eigenvalue weighted by Gasteiger charge is 2.42. The zero-order chi connectivity index (χ0) is 11.5. The highest BCUT2D eigenvalue weighted by Crippen LogP contribution is 2.25. The maximum Gasteiger partial charge on any atom is 0.389 e. The Labute approximate surface area is 84.7 Å². The summed E-state index contributed by atoms with van der Waals surface area (Å²) in [5, 5.41) is 2.35. The predicted octanol–water partition coefficient (Wildman–Crippen LogP) is 0.816. The number of carbonyl (C=O) groups excluding carboxylic acids is 1. The minimum absolute atomic E-state index is 0.0966. The molecule has 0 saturated carbocycles. The van der Waals surface area contributed by atoms with Crippen molar-refractivity contribution in [3.8, 4) is 0 Å². The van der Waals surface area contributed by atoms with Gasteiger partial charge in [0.05, 0.1) is 6.04 Å². The zero-order valence-corrected chi connectivity index (χ0v) is 8.13. The molecule has 2 atom stereocenters. The molecule has 1 aliphatic rings. The average Bonchev–Trinajstić information content (AvgIpc) is 2.11. The van der Waals surface area contributed by atoms with Crippen LogP contribution in [-0.4, -0.2) is 38.1 Å². The first kappa shape index (κ1) is 12.3. The normalized spacial score (nSPS) is 26.0. The van der Waals surface area contributed by atoms with E-state index < -0.39 is 24.7 Å². The van der Waals surface area contributed by atoms with E-state index in [0.717, 1.165) is 0 Å². The predicted molar refractivity (Wildman–Crippen MR) is 44.0 cm³/mol. The van der Waals surface area contributed by atoms with Gasteiger partial charge in [0.15, 0.2) is 6.10 Å². The number of β-lactam (4-membered cyclic amide) rings is 1. The smallest absolute Gasteiger partial charge is 0.359 e. The first-order valence-corrected chi connectivity index (χ1v) is 4.41. The van der Waals surface area contributed by atoms with Gasteiger partial charge < -0.3 is 14.8 Å². The number of carbonyl (C=O) groups is 1. The third-order valence-corrected chi connectivity index (χ3v) is 2.06. The van der Waals surface area contributed by atoms with E-state index in [1.165, 1.54) is 7.11 Å². The summed E-state index contributed by atoms with van der Waals surface area (Å²) in [4.78, 5) is 10.9. The lowest BCUT2D eigenvalue weighted by Gasteiger charge is -2.36. The molecule has 1 unspecified atom stereocenters. The summed E-state index contributed by atoms with van der Waals surface area (Å²) in [5.74, 6) is -0.390. The average molecular weight is 227 g/mol. The van der Waals surface area contributed by atoms with E-state index in [9.17, 15) is 18.0 Å². The van der Waals surface area contributed by atoms with Gasteiger partial charge in [-0.1, -0.05) is 0 Å². The Kier molecular flexibility index (Phi) is 3.92. The van der Waals surface area contributed by atoms with Gasteiger partial charge in [-0.15, -0.1) is 0 Å². The molecule has 0 aromatic heterocycles. The highest BCUT2D eigenvalue weighted by atomic mass is 19.4. The lowest BCUT2D eigenvalue weighted by Crippen LogP contribution is -2.63. The molecule has 4 nitrogen and oxygen atoms in total. The van der Waals surface area contributed by atoms with Gasteiger partial charge in [-0.3, -0.25) is 4.79 Å². The van der Waals surface area contributed by atoms with Crippen LogP contribution in [0.15, 0.2) is 0 Å². The monoisotopic (exact) mass is 227 g/mol. The molecule has 1 heterocycles. The molecule has 1 saturated heterocycles. The fourth-order valence-electron chi connectivity index (χ4n) is 1.30. The number of hydrogen-bond acceptors (Lipinski definition) is 3. The molecule has 1 aliphatic heterocycles. The summed E-state index contributed by atoms with van der Waals surface area (Å²) in [6.45, 7) is -0.0966. The van der Waals surface area contributed by atoms with Crippen LogP contribution in [0, 0.1) is 0 Å². The number of ether oxygens (including phenoxy) is 2. The SMILES string of the molecule is COCOC1C(=O)N[C@H]1CCC(F)(F)F. The fraction of sp³-hybridized carbons (Fsp3) is 0.875. The molecule has 0 aromatic carbocycles. The second kappa shape index (κ2) is 4.80. The van der Waals surface area contributed by atoms with Gasteiger partial charge in [-0.05, 0) is 6.42 Å². The van der Waals surface area contributed by atoms with Crippen LogP contribution in [0.5, 0.6) is 0 Å². The molecule has 0 bridgehead atoms. The second-order valence-corrected chi connectivity index (χ2v) is 3.26. The first-order chi connectivity index (χ1) is 6.94. The molecule has 1 fully saturated rings. The molecule has 1 rings (SSSR count). The summed E-state index contributed by atoms with van der Waals surface area (Å²) in [6, 6.07) is -0.561. The van der Waals surface area contributed by atoms with Crippen molar-refractivity contribution in [2.45, 2.75) is 31.2 Å². The van der Waals surface area contributed by atoms with E-state index in [0.29, 0.717) is 0 Å². The standard InChI is InChI=1S/C8H12F3NO3/c1-14-4-15-6-5(12-7(6)13)2-3-8(9,10)11/h5-6H,2-4H2,1H3,(H,12,13)/t5-,6?/m0/s1. The van der Waals surface area contributed by atoms with Crippen molar-refractivity contribution < 1.29 is 27.4 Å². The van der Waals surface area contributed by atoms with E-state index in [-0.39, 0.29) is 19.1 Å². The third kappa shape index (κ3) is 3.67. The van der Waals surface area contributed by atoms with Crippen molar-refractivity contribution in [3.05, 3.63) is 0 Å². The van der Waals surface area contributed by atoms with Crippen molar-refractivity contribution in [3.63, 3.8) is 0 Å². The Morgan fingerprint density at radius 2 is 2.13 bits per heavy atom. The zero-order valence-electron chi connectivity index (χ0n) is 8.13. The number of halogens is 3. The molecule has 0 aliphatic carbocycles. The number of alkyl halides is 3. The fourth-order valence-corrected chi connectivity index (χ4v) is 1.30. The van der Waals surface area contributed by atoms with Gasteiger partial charge >= 0.3 is 6.18 Å². The van der Waals surface area contributed by atoms with E-state index in [4.69, 9.17) is 4.74 Å². The second-order valence-electron chi connectivity index (χ2n) is 3.26. The Bertz CT molecular complexity index is 232. The van der Waals surface area contributed by atoms with Crippen LogP contribution < -0.4 is 5.32 Å². The van der Waals surface area contributed by atoms with Gasteiger partial charge in [0.2, 0.25) is 0 Å². The Morgan fingerprint density at radius 1 is 1.47 bits per heavy atom. The van der Waals surface area contributed by atoms with Crippen molar-refractivity contribution in [1.29, 1.82) is 0 Å². The topological polar surface area (TPSA) is 47.6 Å². The van der Waals surface area contributed by atoms with Crippen molar-refractivity contribution >= 4 is 5.91 Å². The molecule has 1 amide bonds. The first-order valence-electron chi connectivity index (χ1n) is 4.41. The molecular formula is C8H12F3NO3. The molecule has 88 valence electrons.